The third kappa shape index (κ3) is 5.45. The summed E-state index contributed by atoms with van der Waals surface area (Å²) in [5, 5.41) is 17.5. The number of hydrogen-bond acceptors (Lipinski definition) is 5. The summed E-state index contributed by atoms with van der Waals surface area (Å²) >= 11 is 1.75. The van der Waals surface area contributed by atoms with E-state index >= 15 is 0 Å². The van der Waals surface area contributed by atoms with Gasteiger partial charge < -0.3 is 15.0 Å². The molecule has 0 saturated carbocycles. The van der Waals surface area contributed by atoms with E-state index in [1.165, 1.54) is 16.4 Å². The van der Waals surface area contributed by atoms with Gasteiger partial charge >= 0.3 is 12.1 Å². The number of thiophene rings is 1. The number of fused-ring (bicyclic) bond motifs is 1. The van der Waals surface area contributed by atoms with E-state index in [1.54, 1.807) is 11.3 Å². The van der Waals surface area contributed by atoms with Gasteiger partial charge in [0.2, 0.25) is 0 Å². The number of carboxylic acid groups (broad SMARTS) is 1. The minimum atomic E-state index is -5.08. The molecule has 0 fully saturated rings. The number of nitrogens with zero attached hydrogens (tertiary/aromatic N) is 4. The van der Waals surface area contributed by atoms with Crippen LogP contribution in [0, 0.1) is 0 Å². The zero-order valence-corrected chi connectivity index (χ0v) is 16.4. The first-order chi connectivity index (χ1) is 13.7. The number of carbonyl (C=O) groups is 1. The minimum absolute atomic E-state index is 0.488. The molecule has 0 aliphatic carbocycles. The Morgan fingerprint density at radius 1 is 1.45 bits per heavy atom. The number of alkyl halides is 3. The van der Waals surface area contributed by atoms with Crippen LogP contribution in [0.4, 0.5) is 13.2 Å². The molecular formula is C18H20F3N5O2S. The van der Waals surface area contributed by atoms with E-state index in [0.717, 1.165) is 31.6 Å². The van der Waals surface area contributed by atoms with Crippen molar-refractivity contribution in [1.29, 1.82) is 0 Å². The van der Waals surface area contributed by atoms with Crippen molar-refractivity contribution in [2.75, 3.05) is 0 Å². The summed E-state index contributed by atoms with van der Waals surface area (Å²) in [6.45, 7) is 1.86. The molecule has 1 aliphatic rings. The largest absolute Gasteiger partial charge is 0.490 e. The molecule has 0 radical (unpaired) electrons. The predicted molar refractivity (Wildman–Crippen MR) is 101 cm³/mol. The maximum atomic E-state index is 10.6. The number of rotatable bonds is 4. The smallest absolute Gasteiger partial charge is 0.475 e. The van der Waals surface area contributed by atoms with Crippen molar-refractivity contribution in [3.8, 4) is 10.6 Å². The van der Waals surface area contributed by atoms with Crippen LogP contribution < -0.4 is 5.32 Å². The number of imidazole rings is 1. The van der Waals surface area contributed by atoms with Crippen LogP contribution >= 0.6 is 11.3 Å². The van der Waals surface area contributed by atoms with Crippen LogP contribution in [0.1, 0.15) is 17.9 Å². The van der Waals surface area contributed by atoms with Gasteiger partial charge in [0, 0.05) is 45.0 Å². The van der Waals surface area contributed by atoms with Gasteiger partial charge in [0.05, 0.1) is 16.3 Å². The van der Waals surface area contributed by atoms with Crippen LogP contribution in [0.5, 0.6) is 0 Å². The summed E-state index contributed by atoms with van der Waals surface area (Å²) in [7, 11) is 2.01. The molecule has 11 heteroatoms. The highest BCUT2D eigenvalue weighted by atomic mass is 32.1. The Labute approximate surface area is 168 Å². The highest BCUT2D eigenvalue weighted by molar-refractivity contribution is 7.13. The van der Waals surface area contributed by atoms with Crippen LogP contribution in [0.3, 0.4) is 0 Å². The minimum Gasteiger partial charge on any atom is -0.475 e. The average molecular weight is 427 g/mol. The Morgan fingerprint density at radius 2 is 2.21 bits per heavy atom. The van der Waals surface area contributed by atoms with Gasteiger partial charge in [-0.3, -0.25) is 4.68 Å². The van der Waals surface area contributed by atoms with Crippen LogP contribution in [0.25, 0.3) is 10.6 Å². The van der Waals surface area contributed by atoms with E-state index < -0.39 is 12.1 Å². The Morgan fingerprint density at radius 3 is 2.86 bits per heavy atom. The second-order valence-electron chi connectivity index (χ2n) is 6.53. The fourth-order valence-electron chi connectivity index (χ4n) is 3.04. The van der Waals surface area contributed by atoms with E-state index in [-0.39, 0.29) is 0 Å². The van der Waals surface area contributed by atoms with Crippen molar-refractivity contribution in [2.45, 2.75) is 38.1 Å². The molecule has 0 saturated heterocycles. The number of hydrogen-bond donors (Lipinski definition) is 2. The van der Waals surface area contributed by atoms with Crippen molar-refractivity contribution >= 4 is 17.3 Å². The van der Waals surface area contributed by atoms with Gasteiger partial charge in [0.15, 0.2) is 0 Å². The van der Waals surface area contributed by atoms with Crippen molar-refractivity contribution < 1.29 is 23.1 Å². The molecule has 156 valence electrons. The van der Waals surface area contributed by atoms with E-state index in [9.17, 15) is 13.2 Å². The van der Waals surface area contributed by atoms with Gasteiger partial charge in [-0.2, -0.15) is 18.3 Å². The number of aliphatic carboxylic acids is 1. The van der Waals surface area contributed by atoms with Gasteiger partial charge in [-0.1, -0.05) is 6.07 Å². The summed E-state index contributed by atoms with van der Waals surface area (Å²) in [6.07, 6.45) is 1.02. The monoisotopic (exact) mass is 427 g/mol. The maximum Gasteiger partial charge on any atom is 0.490 e. The highest BCUT2D eigenvalue weighted by Gasteiger charge is 2.38. The third-order valence-corrected chi connectivity index (χ3v) is 5.36. The van der Waals surface area contributed by atoms with Crippen molar-refractivity contribution in [1.82, 2.24) is 24.6 Å². The molecule has 4 heterocycles. The zero-order valence-electron chi connectivity index (χ0n) is 15.6. The number of nitrogens with one attached hydrogen (secondary N) is 1. The Kier molecular flexibility index (Phi) is 6.38. The molecule has 29 heavy (non-hydrogen) atoms. The summed E-state index contributed by atoms with van der Waals surface area (Å²) in [5.41, 5.74) is 2.28. The summed E-state index contributed by atoms with van der Waals surface area (Å²) in [4.78, 5) is 14.6. The second-order valence-corrected chi connectivity index (χ2v) is 7.48. The molecule has 2 N–H and O–H groups in total. The molecule has 3 aromatic heterocycles. The number of aromatic nitrogens is 4. The Hall–Kier alpha value is -2.66. The first-order valence-corrected chi connectivity index (χ1v) is 9.72. The third-order valence-electron chi connectivity index (χ3n) is 4.47. The van der Waals surface area contributed by atoms with E-state index in [4.69, 9.17) is 9.90 Å². The summed E-state index contributed by atoms with van der Waals surface area (Å²) in [5.74, 6) is -1.57. The average Bonchev–Trinajstić information content (AvgIpc) is 3.40. The highest BCUT2D eigenvalue weighted by Crippen LogP contribution is 2.25. The van der Waals surface area contributed by atoms with Crippen molar-refractivity contribution in [3.63, 3.8) is 0 Å². The van der Waals surface area contributed by atoms with Gasteiger partial charge in [0.1, 0.15) is 5.82 Å². The quantitative estimate of drug-likeness (QED) is 0.669. The second kappa shape index (κ2) is 8.78. The molecule has 1 unspecified atom stereocenters. The van der Waals surface area contributed by atoms with Crippen molar-refractivity contribution in [2.24, 2.45) is 7.05 Å². The molecule has 0 spiro atoms. The SMILES string of the molecule is Cn1nc(CNC2CCn3ccnc3C2)cc1-c1cccs1.O=C(O)C(F)(F)F. The lowest BCUT2D eigenvalue weighted by atomic mass is 10.1. The molecule has 3 aromatic rings. The van der Waals surface area contributed by atoms with E-state index in [1.807, 2.05) is 17.9 Å². The first kappa shape index (κ1) is 21.1. The van der Waals surface area contributed by atoms with Crippen LogP contribution in [0.2, 0.25) is 0 Å². The van der Waals surface area contributed by atoms with Gasteiger partial charge in [-0.05, 0) is 23.9 Å². The van der Waals surface area contributed by atoms with Crippen LogP contribution in [-0.4, -0.2) is 42.6 Å². The Bertz CT molecular complexity index is 949. The fourth-order valence-corrected chi connectivity index (χ4v) is 3.81. The molecule has 0 amide bonds. The number of aryl methyl sites for hydroxylation is 2. The molecule has 1 atom stereocenters. The van der Waals surface area contributed by atoms with Gasteiger partial charge in [0.25, 0.3) is 0 Å². The van der Waals surface area contributed by atoms with E-state index in [2.05, 4.69) is 49.7 Å². The normalized spacial score (nSPS) is 16.1. The predicted octanol–water partition coefficient (Wildman–Crippen LogP) is 3.08. The van der Waals surface area contributed by atoms with Crippen LogP contribution in [-0.2, 0) is 31.4 Å². The summed E-state index contributed by atoms with van der Waals surface area (Å²) in [6, 6.07) is 6.89. The topological polar surface area (TPSA) is 85.0 Å². The fraction of sp³-hybridized carbons (Fsp3) is 0.389. The molecule has 7 nitrogen and oxygen atoms in total. The first-order valence-electron chi connectivity index (χ1n) is 8.84. The van der Waals surface area contributed by atoms with Crippen molar-refractivity contribution in [3.05, 3.63) is 47.5 Å². The van der Waals surface area contributed by atoms with E-state index in [0.29, 0.717) is 6.04 Å². The molecule has 1 aliphatic heterocycles. The zero-order chi connectivity index (χ0) is 21.0. The molecule has 0 aromatic carbocycles. The molecule has 4 rings (SSSR count). The lowest BCUT2D eigenvalue weighted by Gasteiger charge is -2.24. The lowest BCUT2D eigenvalue weighted by molar-refractivity contribution is -0.192. The van der Waals surface area contributed by atoms with Crippen LogP contribution in [0.15, 0.2) is 36.0 Å². The van der Waals surface area contributed by atoms with Gasteiger partial charge in [-0.15, -0.1) is 11.3 Å². The standard InChI is InChI=1S/C16H19N5S.C2HF3O2/c1-20-14(15-3-2-8-22-15)9-13(19-20)11-18-12-4-6-21-7-5-17-16(21)10-12;3-2(4,5)1(6)7/h2-3,5,7-9,12,18H,4,6,10-11H2,1H3;(H,6,7). The summed E-state index contributed by atoms with van der Waals surface area (Å²) < 4.78 is 35.9. The lowest BCUT2D eigenvalue weighted by Crippen LogP contribution is -2.36. The molecular weight excluding hydrogens is 407 g/mol. The maximum absolute atomic E-state index is 10.6. The number of halogens is 3. The number of carboxylic acids is 1. The van der Waals surface area contributed by atoms with Gasteiger partial charge in [-0.25, -0.2) is 9.78 Å². The molecule has 0 bridgehead atoms. The Balaban J connectivity index is 0.000000298.